The van der Waals surface area contributed by atoms with Gasteiger partial charge >= 0.3 is 39.5 Å². The Bertz CT molecular complexity index is 1840. The minimum absolute atomic E-state index is 0.107. The predicted octanol–water partition coefficient (Wildman–Crippen LogP) is 22.3. The van der Waals surface area contributed by atoms with E-state index in [0.29, 0.717) is 25.7 Å². The zero-order chi connectivity index (χ0) is 70.0. The molecular weight excluding hydrogens is 1250 g/mol. The van der Waals surface area contributed by atoms with Crippen LogP contribution in [0.4, 0.5) is 0 Å². The van der Waals surface area contributed by atoms with Crippen LogP contribution in [-0.2, 0) is 65.4 Å². The van der Waals surface area contributed by atoms with Crippen molar-refractivity contribution in [3.05, 3.63) is 0 Å². The number of aliphatic hydroxyl groups excluding tert-OH is 1. The van der Waals surface area contributed by atoms with Crippen molar-refractivity contribution >= 4 is 39.5 Å². The molecule has 2 unspecified atom stereocenters. The fraction of sp³-hybridized carbons (Fsp3) is 0.947. The van der Waals surface area contributed by atoms with Gasteiger partial charge in [0.1, 0.15) is 19.3 Å². The lowest BCUT2D eigenvalue weighted by Crippen LogP contribution is -2.30. The summed E-state index contributed by atoms with van der Waals surface area (Å²) in [6.45, 7) is 9.63. The van der Waals surface area contributed by atoms with Crippen LogP contribution >= 0.6 is 15.6 Å². The van der Waals surface area contributed by atoms with Gasteiger partial charge in [0.2, 0.25) is 0 Å². The summed E-state index contributed by atoms with van der Waals surface area (Å²) in [7, 11) is -9.91. The summed E-state index contributed by atoms with van der Waals surface area (Å²) in [5.74, 6) is -0.536. The average Bonchev–Trinajstić information content (AvgIpc) is 1.43. The molecular formula is C76H148O17P2. The molecule has 0 aromatic heterocycles. The van der Waals surface area contributed by atoms with Crippen molar-refractivity contribution in [2.45, 2.75) is 413 Å². The van der Waals surface area contributed by atoms with Crippen molar-refractivity contribution in [2.24, 2.45) is 11.8 Å². The van der Waals surface area contributed by atoms with E-state index >= 15 is 0 Å². The Morgan fingerprint density at radius 1 is 0.284 bits per heavy atom. The van der Waals surface area contributed by atoms with Crippen molar-refractivity contribution in [1.82, 2.24) is 0 Å². The third-order valence-corrected chi connectivity index (χ3v) is 19.6. The van der Waals surface area contributed by atoms with E-state index in [1.165, 1.54) is 212 Å². The van der Waals surface area contributed by atoms with E-state index in [2.05, 4.69) is 41.5 Å². The summed E-state index contributed by atoms with van der Waals surface area (Å²) >= 11 is 0. The highest BCUT2D eigenvalue weighted by Gasteiger charge is 2.30. The van der Waals surface area contributed by atoms with E-state index in [1.54, 1.807) is 0 Å². The summed E-state index contributed by atoms with van der Waals surface area (Å²) in [6.07, 6.45) is 55.3. The number of hydrogen-bond acceptors (Lipinski definition) is 15. The topological polar surface area (TPSA) is 237 Å². The van der Waals surface area contributed by atoms with Gasteiger partial charge in [0.25, 0.3) is 0 Å². The lowest BCUT2D eigenvalue weighted by Gasteiger charge is -2.21. The molecule has 0 bridgehead atoms. The van der Waals surface area contributed by atoms with Crippen LogP contribution in [0.25, 0.3) is 0 Å². The van der Waals surface area contributed by atoms with Crippen molar-refractivity contribution in [2.75, 3.05) is 39.6 Å². The second-order valence-corrected chi connectivity index (χ2v) is 31.3. The molecule has 0 aromatic rings. The number of carbonyl (C=O) groups excluding carboxylic acids is 4. The van der Waals surface area contributed by atoms with Gasteiger partial charge in [-0.25, -0.2) is 9.13 Å². The maximum absolute atomic E-state index is 13.1. The third kappa shape index (κ3) is 70.3. The van der Waals surface area contributed by atoms with Crippen molar-refractivity contribution < 1.29 is 80.2 Å². The number of unbranched alkanes of at least 4 members (excludes halogenated alkanes) is 45. The van der Waals surface area contributed by atoms with Gasteiger partial charge in [-0.15, -0.1) is 0 Å². The molecule has 0 rings (SSSR count). The first-order valence-electron chi connectivity index (χ1n) is 39.5. The number of hydrogen-bond donors (Lipinski definition) is 3. The number of aliphatic hydroxyl groups is 1. The van der Waals surface area contributed by atoms with Crippen LogP contribution in [0.2, 0.25) is 0 Å². The highest BCUT2D eigenvalue weighted by Crippen LogP contribution is 2.45. The second-order valence-electron chi connectivity index (χ2n) is 28.3. The molecule has 3 N–H and O–H groups in total. The highest BCUT2D eigenvalue weighted by atomic mass is 31.2. The Kier molecular flexibility index (Phi) is 66.5. The summed E-state index contributed by atoms with van der Waals surface area (Å²) in [5.41, 5.74) is 0. The van der Waals surface area contributed by atoms with E-state index in [1.807, 2.05) is 0 Å². The quantitative estimate of drug-likeness (QED) is 0.0222. The number of ether oxygens (including phenoxy) is 4. The minimum Gasteiger partial charge on any atom is -0.462 e. The number of phosphoric ester groups is 2. The Morgan fingerprint density at radius 3 is 0.716 bits per heavy atom. The van der Waals surface area contributed by atoms with Gasteiger partial charge in [0, 0.05) is 25.7 Å². The van der Waals surface area contributed by atoms with Crippen LogP contribution < -0.4 is 0 Å². The molecule has 0 saturated heterocycles. The molecule has 0 amide bonds. The SMILES string of the molecule is CCCCCCCCCCCCCCCC(=O)O[C@H](COC(=O)CCCCCCCCCCCC)COP(=O)(O)OC[C@H](O)COP(=O)(O)OC[C@@H](COC(=O)CCCCCCCCCCCCCCCC(C)C)OC(=O)CCCCCCCCCCCCCCCC(C)C. The molecule has 0 aliphatic carbocycles. The monoisotopic (exact) mass is 1400 g/mol. The first-order valence-corrected chi connectivity index (χ1v) is 42.5. The third-order valence-electron chi connectivity index (χ3n) is 17.7. The van der Waals surface area contributed by atoms with E-state index in [4.69, 9.17) is 37.0 Å². The second kappa shape index (κ2) is 67.9. The molecule has 5 atom stereocenters. The zero-order valence-corrected chi connectivity index (χ0v) is 63.8. The van der Waals surface area contributed by atoms with Crippen LogP contribution in [0.1, 0.15) is 395 Å². The molecule has 19 heteroatoms. The number of esters is 4. The van der Waals surface area contributed by atoms with Crippen LogP contribution in [0.5, 0.6) is 0 Å². The number of phosphoric acid groups is 2. The van der Waals surface area contributed by atoms with E-state index < -0.39 is 97.5 Å². The van der Waals surface area contributed by atoms with Crippen LogP contribution in [-0.4, -0.2) is 96.7 Å². The van der Waals surface area contributed by atoms with Crippen molar-refractivity contribution in [3.8, 4) is 0 Å². The number of carbonyl (C=O) groups is 4. The van der Waals surface area contributed by atoms with E-state index in [9.17, 15) is 43.2 Å². The van der Waals surface area contributed by atoms with Gasteiger partial charge in [-0.05, 0) is 37.5 Å². The lowest BCUT2D eigenvalue weighted by atomic mass is 10.0. The highest BCUT2D eigenvalue weighted by molar-refractivity contribution is 7.47. The van der Waals surface area contributed by atoms with Crippen molar-refractivity contribution in [3.63, 3.8) is 0 Å². The largest absolute Gasteiger partial charge is 0.472 e. The molecule has 0 aliphatic heterocycles. The normalized spacial score (nSPS) is 14.0. The maximum Gasteiger partial charge on any atom is 0.472 e. The molecule has 0 aliphatic rings. The molecule has 0 saturated carbocycles. The molecule has 564 valence electrons. The van der Waals surface area contributed by atoms with E-state index in [0.717, 1.165) is 102 Å². The fourth-order valence-electron chi connectivity index (χ4n) is 11.7. The molecule has 0 spiro atoms. The van der Waals surface area contributed by atoms with Crippen LogP contribution in [0, 0.1) is 11.8 Å². The van der Waals surface area contributed by atoms with Gasteiger partial charge in [0.15, 0.2) is 12.2 Å². The fourth-order valence-corrected chi connectivity index (χ4v) is 13.2. The zero-order valence-electron chi connectivity index (χ0n) is 62.0. The predicted molar refractivity (Wildman–Crippen MR) is 386 cm³/mol. The van der Waals surface area contributed by atoms with Gasteiger partial charge in [-0.3, -0.25) is 37.3 Å². The first kappa shape index (κ1) is 93.1. The molecule has 0 radical (unpaired) electrons. The molecule has 17 nitrogen and oxygen atoms in total. The van der Waals surface area contributed by atoms with Gasteiger partial charge in [-0.2, -0.15) is 0 Å². The van der Waals surface area contributed by atoms with Crippen LogP contribution in [0.15, 0.2) is 0 Å². The Hall–Kier alpha value is -1.94. The standard InChI is InChI=1S/C76H148O17P2/c1-7-9-11-13-15-17-19-22-30-36-42-48-54-60-75(80)92-71(64-86-73(78)58-52-46-40-34-18-16-14-12-10-8-2)66-90-94(82,83)88-62-70(77)63-89-95(84,85)91-67-72(93-76(81)61-55-49-43-37-31-26-21-24-28-33-39-45-51-57-69(5)6)65-87-74(79)59-53-47-41-35-29-25-20-23-27-32-38-44-50-56-68(3)4/h68-72,77H,7-67H2,1-6H3,(H,82,83)(H,84,85)/t70-,71+,72+/m0/s1. The summed E-state index contributed by atoms with van der Waals surface area (Å²) in [4.78, 5) is 72.8. The molecule has 95 heavy (non-hydrogen) atoms. The minimum atomic E-state index is -4.96. The smallest absolute Gasteiger partial charge is 0.462 e. The van der Waals surface area contributed by atoms with Gasteiger partial charge in [-0.1, -0.05) is 343 Å². The Morgan fingerprint density at radius 2 is 0.484 bits per heavy atom. The molecule has 0 heterocycles. The maximum atomic E-state index is 13.1. The van der Waals surface area contributed by atoms with Crippen LogP contribution in [0.3, 0.4) is 0 Å². The number of rotatable bonds is 75. The first-order chi connectivity index (χ1) is 45.9. The lowest BCUT2D eigenvalue weighted by molar-refractivity contribution is -0.161. The van der Waals surface area contributed by atoms with Crippen molar-refractivity contribution in [1.29, 1.82) is 0 Å². The molecule has 0 aromatic carbocycles. The Balaban J connectivity index is 5.25. The summed E-state index contributed by atoms with van der Waals surface area (Å²) in [6, 6.07) is 0. The average molecular weight is 1400 g/mol. The Labute approximate surface area is 581 Å². The summed E-state index contributed by atoms with van der Waals surface area (Å²) in [5, 5.41) is 10.6. The van der Waals surface area contributed by atoms with Gasteiger partial charge in [0.05, 0.1) is 26.4 Å². The molecule has 0 fully saturated rings. The van der Waals surface area contributed by atoms with Gasteiger partial charge < -0.3 is 33.8 Å². The summed E-state index contributed by atoms with van der Waals surface area (Å²) < 4.78 is 68.5. The van der Waals surface area contributed by atoms with E-state index in [-0.39, 0.29) is 25.7 Å².